The SMILES string of the molecule is CCc1ccc(OC(C)=O)c(C2(c3ccccn3)C=CC=CC2CC)c1. The maximum Gasteiger partial charge on any atom is 0.308 e. The predicted molar refractivity (Wildman–Crippen MR) is 104 cm³/mol. The number of rotatable bonds is 5. The van der Waals surface area contributed by atoms with Crippen LogP contribution in [-0.4, -0.2) is 11.0 Å². The van der Waals surface area contributed by atoms with Gasteiger partial charge in [0.15, 0.2) is 0 Å². The summed E-state index contributed by atoms with van der Waals surface area (Å²) in [4.78, 5) is 16.4. The number of nitrogens with zero attached hydrogens (tertiary/aromatic N) is 1. The first-order valence-corrected chi connectivity index (χ1v) is 9.21. The van der Waals surface area contributed by atoms with Crippen molar-refractivity contribution in [3.63, 3.8) is 0 Å². The zero-order chi connectivity index (χ0) is 18.6. The van der Waals surface area contributed by atoms with Crippen molar-refractivity contribution >= 4 is 5.97 Å². The van der Waals surface area contributed by atoms with Gasteiger partial charge in [-0.05, 0) is 42.5 Å². The summed E-state index contributed by atoms with van der Waals surface area (Å²) >= 11 is 0. The normalized spacial score (nSPS) is 21.6. The Kier molecular flexibility index (Phi) is 5.36. The molecular weight excluding hydrogens is 322 g/mol. The number of allylic oxidation sites excluding steroid dienone is 4. The molecule has 2 atom stereocenters. The quantitative estimate of drug-likeness (QED) is 0.564. The van der Waals surface area contributed by atoms with E-state index < -0.39 is 5.41 Å². The molecule has 0 saturated heterocycles. The summed E-state index contributed by atoms with van der Waals surface area (Å²) < 4.78 is 5.61. The molecule has 3 heteroatoms. The zero-order valence-corrected chi connectivity index (χ0v) is 15.6. The van der Waals surface area contributed by atoms with E-state index in [1.165, 1.54) is 12.5 Å². The molecule has 0 fully saturated rings. The molecule has 3 rings (SSSR count). The number of aryl methyl sites for hydroxylation is 1. The van der Waals surface area contributed by atoms with Crippen LogP contribution in [0, 0.1) is 5.92 Å². The Morgan fingerprint density at radius 1 is 1.19 bits per heavy atom. The van der Waals surface area contributed by atoms with Crippen LogP contribution in [0.25, 0.3) is 0 Å². The highest BCUT2D eigenvalue weighted by Gasteiger charge is 2.42. The molecule has 1 aliphatic carbocycles. The summed E-state index contributed by atoms with van der Waals surface area (Å²) in [6.07, 6.45) is 12.3. The number of benzene rings is 1. The second-order valence-corrected chi connectivity index (χ2v) is 6.62. The summed E-state index contributed by atoms with van der Waals surface area (Å²) in [7, 11) is 0. The van der Waals surface area contributed by atoms with Crippen LogP contribution in [0.5, 0.6) is 5.75 Å². The number of esters is 1. The molecule has 1 heterocycles. The molecule has 3 nitrogen and oxygen atoms in total. The fourth-order valence-corrected chi connectivity index (χ4v) is 3.81. The summed E-state index contributed by atoms with van der Waals surface area (Å²) in [6, 6.07) is 12.1. The van der Waals surface area contributed by atoms with Crippen LogP contribution in [0.1, 0.15) is 44.0 Å². The van der Waals surface area contributed by atoms with Crippen LogP contribution in [0.3, 0.4) is 0 Å². The Hall–Kier alpha value is -2.68. The number of hydrogen-bond acceptors (Lipinski definition) is 3. The van der Waals surface area contributed by atoms with Gasteiger partial charge in [-0.25, -0.2) is 0 Å². The molecule has 0 N–H and O–H groups in total. The Morgan fingerprint density at radius 3 is 2.69 bits per heavy atom. The van der Waals surface area contributed by atoms with Crippen LogP contribution >= 0.6 is 0 Å². The lowest BCUT2D eigenvalue weighted by atomic mass is 9.64. The zero-order valence-electron chi connectivity index (χ0n) is 15.6. The van der Waals surface area contributed by atoms with Gasteiger partial charge in [0.25, 0.3) is 0 Å². The van der Waals surface area contributed by atoms with Crippen molar-refractivity contribution in [1.29, 1.82) is 0 Å². The maximum atomic E-state index is 11.7. The molecule has 134 valence electrons. The molecule has 1 aromatic carbocycles. The molecule has 0 aliphatic heterocycles. The minimum atomic E-state index is -0.458. The van der Waals surface area contributed by atoms with Gasteiger partial charge < -0.3 is 4.74 Å². The van der Waals surface area contributed by atoms with E-state index in [1.54, 1.807) is 0 Å². The molecule has 2 aromatic rings. The van der Waals surface area contributed by atoms with E-state index in [2.05, 4.69) is 50.3 Å². The Morgan fingerprint density at radius 2 is 2.04 bits per heavy atom. The van der Waals surface area contributed by atoms with Crippen molar-refractivity contribution in [2.75, 3.05) is 0 Å². The number of pyridine rings is 1. The van der Waals surface area contributed by atoms with Gasteiger partial charge in [0.1, 0.15) is 5.75 Å². The van der Waals surface area contributed by atoms with E-state index in [0.717, 1.165) is 24.1 Å². The van der Waals surface area contributed by atoms with Gasteiger partial charge in [-0.15, -0.1) is 0 Å². The number of ether oxygens (including phenoxy) is 1. The molecule has 1 aliphatic rings. The van der Waals surface area contributed by atoms with Gasteiger partial charge in [0.2, 0.25) is 0 Å². The monoisotopic (exact) mass is 347 g/mol. The van der Waals surface area contributed by atoms with Gasteiger partial charge in [-0.2, -0.15) is 0 Å². The Bertz CT molecular complexity index is 839. The number of carbonyl (C=O) groups is 1. The lowest BCUT2D eigenvalue weighted by molar-refractivity contribution is -0.131. The predicted octanol–water partition coefficient (Wildman–Crippen LogP) is 5.01. The Labute approximate surface area is 155 Å². The van der Waals surface area contributed by atoms with Crippen molar-refractivity contribution in [3.05, 3.63) is 83.7 Å². The molecule has 0 amide bonds. The van der Waals surface area contributed by atoms with Crippen molar-refractivity contribution < 1.29 is 9.53 Å². The molecule has 2 unspecified atom stereocenters. The lowest BCUT2D eigenvalue weighted by Crippen LogP contribution is -2.36. The summed E-state index contributed by atoms with van der Waals surface area (Å²) in [5.41, 5.74) is 2.72. The minimum absolute atomic E-state index is 0.226. The summed E-state index contributed by atoms with van der Waals surface area (Å²) in [5, 5.41) is 0. The summed E-state index contributed by atoms with van der Waals surface area (Å²) in [6.45, 7) is 5.76. The smallest absolute Gasteiger partial charge is 0.308 e. The van der Waals surface area contributed by atoms with E-state index >= 15 is 0 Å². The molecule has 0 radical (unpaired) electrons. The largest absolute Gasteiger partial charge is 0.426 e. The number of hydrogen-bond donors (Lipinski definition) is 0. The lowest BCUT2D eigenvalue weighted by Gasteiger charge is -2.39. The van der Waals surface area contributed by atoms with Crippen LogP contribution < -0.4 is 4.74 Å². The average Bonchev–Trinajstić information content (AvgIpc) is 2.68. The highest BCUT2D eigenvalue weighted by atomic mass is 16.5. The Balaban J connectivity index is 2.31. The van der Waals surface area contributed by atoms with E-state index in [4.69, 9.17) is 9.72 Å². The highest BCUT2D eigenvalue weighted by Crippen LogP contribution is 2.47. The third-order valence-electron chi connectivity index (χ3n) is 5.08. The van der Waals surface area contributed by atoms with Crippen molar-refractivity contribution in [2.24, 2.45) is 5.92 Å². The van der Waals surface area contributed by atoms with Crippen LogP contribution in [0.15, 0.2) is 66.9 Å². The van der Waals surface area contributed by atoms with Crippen LogP contribution in [-0.2, 0) is 16.6 Å². The fourth-order valence-electron chi connectivity index (χ4n) is 3.81. The molecule has 1 aromatic heterocycles. The second kappa shape index (κ2) is 7.69. The van der Waals surface area contributed by atoms with Crippen molar-refractivity contribution in [1.82, 2.24) is 4.98 Å². The first kappa shape index (κ1) is 18.1. The van der Waals surface area contributed by atoms with Gasteiger partial charge >= 0.3 is 5.97 Å². The molecule has 26 heavy (non-hydrogen) atoms. The molecule has 0 saturated carbocycles. The maximum absolute atomic E-state index is 11.7. The highest BCUT2D eigenvalue weighted by molar-refractivity contribution is 5.70. The summed E-state index contributed by atoms with van der Waals surface area (Å²) in [5.74, 6) is 0.526. The number of aromatic nitrogens is 1. The van der Waals surface area contributed by atoms with E-state index in [1.807, 2.05) is 30.5 Å². The van der Waals surface area contributed by atoms with Crippen molar-refractivity contribution in [2.45, 2.75) is 39.0 Å². The first-order chi connectivity index (χ1) is 12.6. The van der Waals surface area contributed by atoms with Gasteiger partial charge in [0.05, 0.1) is 11.1 Å². The van der Waals surface area contributed by atoms with E-state index in [-0.39, 0.29) is 11.9 Å². The third kappa shape index (κ3) is 3.22. The second-order valence-electron chi connectivity index (χ2n) is 6.62. The standard InChI is InChI=1S/C23H25NO2/c1-4-18-12-13-21(26-17(3)25)20(16-18)23(22-11-7-9-15-24-22)14-8-6-10-19(23)5-2/h6-16,19H,4-5H2,1-3H3. The third-order valence-corrected chi connectivity index (χ3v) is 5.08. The van der Waals surface area contributed by atoms with Crippen LogP contribution in [0.4, 0.5) is 0 Å². The van der Waals surface area contributed by atoms with Gasteiger partial charge in [0, 0.05) is 18.7 Å². The van der Waals surface area contributed by atoms with Gasteiger partial charge in [-0.1, -0.05) is 56.4 Å². The average molecular weight is 347 g/mol. The first-order valence-electron chi connectivity index (χ1n) is 9.21. The molecule has 0 spiro atoms. The van der Waals surface area contributed by atoms with E-state index in [0.29, 0.717) is 5.75 Å². The number of carbonyl (C=O) groups excluding carboxylic acids is 1. The van der Waals surface area contributed by atoms with E-state index in [9.17, 15) is 4.79 Å². The van der Waals surface area contributed by atoms with Gasteiger partial charge in [-0.3, -0.25) is 9.78 Å². The molecular formula is C23H25NO2. The topological polar surface area (TPSA) is 39.2 Å². The minimum Gasteiger partial charge on any atom is -0.426 e. The van der Waals surface area contributed by atoms with Crippen LogP contribution in [0.2, 0.25) is 0 Å². The molecule has 0 bridgehead atoms. The van der Waals surface area contributed by atoms with Crippen molar-refractivity contribution in [3.8, 4) is 5.75 Å². The fraction of sp³-hybridized carbons (Fsp3) is 0.304.